The SMILES string of the molecule is C[C@H](OCc1ccccc1)[C@H](CNc1ccccc1)N(C)S(=O)(=O)c1cc(Br)c(Cl)cc1F. The summed E-state index contributed by atoms with van der Waals surface area (Å²) in [5, 5.41) is 3.35. The van der Waals surface area contributed by atoms with Crippen molar-refractivity contribution in [2.24, 2.45) is 0 Å². The molecule has 1 N–H and O–H groups in total. The third-order valence-electron chi connectivity index (χ3n) is 5.29. The van der Waals surface area contributed by atoms with Gasteiger partial charge in [-0.05, 0) is 52.7 Å². The quantitative estimate of drug-likeness (QED) is 0.314. The monoisotopic (exact) mass is 554 g/mol. The smallest absolute Gasteiger partial charge is 0.246 e. The van der Waals surface area contributed by atoms with Crippen molar-refractivity contribution in [2.45, 2.75) is 30.6 Å². The fraction of sp³-hybridized carbons (Fsp3) is 0.250. The van der Waals surface area contributed by atoms with Gasteiger partial charge >= 0.3 is 0 Å². The molecule has 0 bridgehead atoms. The highest BCUT2D eigenvalue weighted by molar-refractivity contribution is 9.10. The molecule has 2 atom stereocenters. The predicted molar refractivity (Wildman–Crippen MR) is 133 cm³/mol. The molecule has 0 amide bonds. The molecule has 0 heterocycles. The number of halogens is 3. The van der Waals surface area contributed by atoms with Gasteiger partial charge in [-0.1, -0.05) is 60.1 Å². The van der Waals surface area contributed by atoms with Crippen LogP contribution in [0.25, 0.3) is 0 Å². The van der Waals surface area contributed by atoms with E-state index < -0.39 is 32.9 Å². The Balaban J connectivity index is 1.86. The lowest BCUT2D eigenvalue weighted by Crippen LogP contribution is -2.48. The van der Waals surface area contributed by atoms with Crippen LogP contribution in [0.15, 0.2) is 82.2 Å². The first kappa shape index (κ1) is 25.6. The van der Waals surface area contributed by atoms with Gasteiger partial charge in [-0.25, -0.2) is 12.8 Å². The Bertz CT molecular complexity index is 1170. The number of rotatable bonds is 10. The van der Waals surface area contributed by atoms with Gasteiger partial charge in [0.25, 0.3) is 0 Å². The summed E-state index contributed by atoms with van der Waals surface area (Å²) in [6.07, 6.45) is -0.500. The highest BCUT2D eigenvalue weighted by Crippen LogP contribution is 2.30. The maximum absolute atomic E-state index is 14.6. The minimum atomic E-state index is -4.19. The molecule has 0 aliphatic rings. The Morgan fingerprint density at radius 3 is 2.33 bits per heavy atom. The number of hydrogen-bond acceptors (Lipinski definition) is 4. The lowest BCUT2D eigenvalue weighted by Gasteiger charge is -2.32. The van der Waals surface area contributed by atoms with E-state index >= 15 is 0 Å². The molecule has 0 spiro atoms. The zero-order valence-corrected chi connectivity index (χ0v) is 21.4. The van der Waals surface area contributed by atoms with Crippen molar-refractivity contribution in [3.8, 4) is 0 Å². The summed E-state index contributed by atoms with van der Waals surface area (Å²) in [5.41, 5.74) is 1.81. The minimum absolute atomic E-state index is 0.0935. The number of likely N-dealkylation sites (N-methyl/N-ethyl adjacent to an activating group) is 1. The van der Waals surface area contributed by atoms with Crippen molar-refractivity contribution in [3.05, 3.63) is 93.7 Å². The van der Waals surface area contributed by atoms with Crippen molar-refractivity contribution in [2.75, 3.05) is 18.9 Å². The van der Waals surface area contributed by atoms with Crippen LogP contribution in [0, 0.1) is 5.82 Å². The highest BCUT2D eigenvalue weighted by Gasteiger charge is 2.34. The standard InChI is InChI=1S/C24H25BrClFN2O3S/c1-17(32-16-18-9-5-3-6-10-18)23(15-28-19-11-7-4-8-12-19)29(2)33(30,31)24-13-20(25)21(26)14-22(24)27/h3-14,17,23,28H,15-16H2,1-2H3/t17-,23-/m0/s1. The first-order valence-electron chi connectivity index (χ1n) is 10.3. The zero-order valence-electron chi connectivity index (χ0n) is 18.2. The molecule has 0 aliphatic heterocycles. The molecule has 0 saturated carbocycles. The third-order valence-corrected chi connectivity index (χ3v) is 8.38. The maximum Gasteiger partial charge on any atom is 0.246 e. The molecule has 9 heteroatoms. The molecule has 0 aromatic heterocycles. The first-order chi connectivity index (χ1) is 15.7. The molecule has 3 rings (SSSR count). The number of sulfonamides is 1. The molecule has 3 aromatic carbocycles. The van der Waals surface area contributed by atoms with E-state index in [9.17, 15) is 12.8 Å². The molecule has 33 heavy (non-hydrogen) atoms. The highest BCUT2D eigenvalue weighted by atomic mass is 79.9. The number of anilines is 1. The van der Waals surface area contributed by atoms with Crippen molar-refractivity contribution < 1.29 is 17.5 Å². The summed E-state index contributed by atoms with van der Waals surface area (Å²) in [5.74, 6) is -0.914. The van der Waals surface area contributed by atoms with E-state index in [-0.39, 0.29) is 11.6 Å². The van der Waals surface area contributed by atoms with E-state index in [0.717, 1.165) is 21.6 Å². The molecular formula is C24H25BrClFN2O3S. The van der Waals surface area contributed by atoms with Gasteiger partial charge in [-0.3, -0.25) is 0 Å². The number of para-hydroxylation sites is 1. The van der Waals surface area contributed by atoms with Crippen LogP contribution in [0.3, 0.4) is 0 Å². The molecule has 3 aromatic rings. The molecule has 0 unspecified atom stereocenters. The van der Waals surface area contributed by atoms with Gasteiger partial charge in [0.2, 0.25) is 10.0 Å². The van der Waals surface area contributed by atoms with E-state index in [1.807, 2.05) is 60.7 Å². The summed E-state index contributed by atoms with van der Waals surface area (Å²) >= 11 is 9.10. The number of nitrogens with zero attached hydrogens (tertiary/aromatic N) is 1. The maximum atomic E-state index is 14.6. The van der Waals surface area contributed by atoms with Gasteiger partial charge in [0.1, 0.15) is 10.7 Å². The van der Waals surface area contributed by atoms with Crippen LogP contribution in [-0.2, 0) is 21.4 Å². The van der Waals surface area contributed by atoms with Crippen molar-refractivity contribution >= 4 is 43.2 Å². The average Bonchev–Trinajstić information content (AvgIpc) is 2.81. The first-order valence-corrected chi connectivity index (χ1v) is 12.9. The van der Waals surface area contributed by atoms with Crippen molar-refractivity contribution in [3.63, 3.8) is 0 Å². The summed E-state index contributed by atoms with van der Waals surface area (Å²) in [7, 11) is -2.76. The van der Waals surface area contributed by atoms with Crippen LogP contribution in [-0.4, -0.2) is 38.5 Å². The van der Waals surface area contributed by atoms with Crippen LogP contribution in [0.5, 0.6) is 0 Å². The van der Waals surface area contributed by atoms with Crippen LogP contribution < -0.4 is 5.32 Å². The second-order valence-electron chi connectivity index (χ2n) is 7.53. The molecule has 5 nitrogen and oxygen atoms in total. The normalized spacial score (nSPS) is 13.6. The van der Waals surface area contributed by atoms with Gasteiger partial charge in [-0.2, -0.15) is 4.31 Å². The second kappa shape index (κ2) is 11.4. The fourth-order valence-corrected chi connectivity index (χ4v) is 5.45. The molecule has 176 valence electrons. The molecule has 0 aliphatic carbocycles. The van der Waals surface area contributed by atoms with Gasteiger partial charge in [-0.15, -0.1) is 0 Å². The van der Waals surface area contributed by atoms with Gasteiger partial charge in [0.05, 0.1) is 23.8 Å². The molecule has 0 fully saturated rings. The number of hydrogen-bond donors (Lipinski definition) is 1. The van der Waals surface area contributed by atoms with E-state index in [1.165, 1.54) is 13.1 Å². The van der Waals surface area contributed by atoms with Crippen LogP contribution in [0.2, 0.25) is 5.02 Å². The van der Waals surface area contributed by atoms with Gasteiger partial charge in [0, 0.05) is 23.8 Å². The Kier molecular flexibility index (Phi) is 8.89. The largest absolute Gasteiger partial charge is 0.383 e. The summed E-state index contributed by atoms with van der Waals surface area (Å²) in [6.45, 7) is 2.38. The fourth-order valence-electron chi connectivity index (χ4n) is 3.32. The minimum Gasteiger partial charge on any atom is -0.383 e. The number of ether oxygens (including phenoxy) is 1. The van der Waals surface area contributed by atoms with E-state index in [2.05, 4.69) is 21.2 Å². The lowest BCUT2D eigenvalue weighted by molar-refractivity contribution is 0.0154. The third kappa shape index (κ3) is 6.55. The van der Waals surface area contributed by atoms with Crippen LogP contribution >= 0.6 is 27.5 Å². The van der Waals surface area contributed by atoms with Crippen LogP contribution in [0.4, 0.5) is 10.1 Å². The zero-order chi connectivity index (χ0) is 24.0. The van der Waals surface area contributed by atoms with Gasteiger partial charge in [0.15, 0.2) is 0 Å². The predicted octanol–water partition coefficient (Wildman–Crippen LogP) is 5.95. The summed E-state index contributed by atoms with van der Waals surface area (Å²) in [4.78, 5) is -0.457. The van der Waals surface area contributed by atoms with Crippen molar-refractivity contribution in [1.82, 2.24) is 4.31 Å². The number of nitrogens with one attached hydrogen (secondary N) is 1. The van der Waals surface area contributed by atoms with Crippen molar-refractivity contribution in [1.29, 1.82) is 0 Å². The average molecular weight is 556 g/mol. The Hall–Kier alpha value is -1.97. The molecule has 0 radical (unpaired) electrons. The Morgan fingerprint density at radius 1 is 1.09 bits per heavy atom. The van der Waals surface area contributed by atoms with Crippen LogP contribution in [0.1, 0.15) is 12.5 Å². The second-order valence-corrected chi connectivity index (χ2v) is 10.8. The Morgan fingerprint density at radius 2 is 1.70 bits per heavy atom. The van der Waals surface area contributed by atoms with E-state index in [0.29, 0.717) is 11.1 Å². The van der Waals surface area contributed by atoms with Gasteiger partial charge < -0.3 is 10.1 Å². The number of benzene rings is 3. The van der Waals surface area contributed by atoms with E-state index in [4.69, 9.17) is 16.3 Å². The lowest BCUT2D eigenvalue weighted by atomic mass is 10.1. The van der Waals surface area contributed by atoms with E-state index in [1.54, 1.807) is 6.92 Å². The summed E-state index contributed by atoms with van der Waals surface area (Å²) < 4.78 is 48.9. The summed E-state index contributed by atoms with van der Waals surface area (Å²) in [6, 6.07) is 20.6. The molecular weight excluding hydrogens is 531 g/mol. The topological polar surface area (TPSA) is 58.6 Å². The molecule has 0 saturated heterocycles. The Labute approximate surface area is 207 Å².